The molecule has 0 aromatic carbocycles. The molecule has 19 heavy (non-hydrogen) atoms. The molecule has 5 heteroatoms. The molecule has 0 aliphatic carbocycles. The van der Waals surface area contributed by atoms with Crippen molar-refractivity contribution in [3.05, 3.63) is 12.3 Å². The van der Waals surface area contributed by atoms with Gasteiger partial charge in [0, 0.05) is 38.0 Å². The quantitative estimate of drug-likeness (QED) is 0.613. The summed E-state index contributed by atoms with van der Waals surface area (Å²) in [4.78, 5) is 10.6. The normalized spacial score (nSPS) is 21.3. The molecular weight excluding hydrogens is 260 g/mol. The van der Waals surface area contributed by atoms with Crippen LogP contribution in [0.1, 0.15) is 33.6 Å². The zero-order valence-electron chi connectivity index (χ0n) is 12.3. The first-order valence-corrected chi connectivity index (χ1v) is 6.81. The largest absolute Gasteiger partial charge is 0.353 e. The first-order valence-electron chi connectivity index (χ1n) is 6.43. The van der Waals surface area contributed by atoms with Gasteiger partial charge in [-0.25, -0.2) is 4.99 Å². The fourth-order valence-corrected chi connectivity index (χ4v) is 2.46. The van der Waals surface area contributed by atoms with E-state index in [0.717, 1.165) is 31.6 Å². The van der Waals surface area contributed by atoms with Gasteiger partial charge in [0.2, 0.25) is 0 Å². The standard InChI is InChI=1S/C14H23ClN4/c1-10(2)18-13(12(15)17-5)19-7-6-11(16)8-14(3,4)9-19/h16H,1,6-9H2,2-5H3. The predicted molar refractivity (Wildman–Crippen MR) is 83.8 cm³/mol. The second kappa shape index (κ2) is 6.33. The van der Waals surface area contributed by atoms with Crippen molar-refractivity contribution >= 4 is 28.3 Å². The van der Waals surface area contributed by atoms with Crippen molar-refractivity contribution in [2.45, 2.75) is 33.6 Å². The van der Waals surface area contributed by atoms with Crippen molar-refractivity contribution in [1.82, 2.24) is 4.90 Å². The summed E-state index contributed by atoms with van der Waals surface area (Å²) >= 11 is 6.17. The molecule has 0 unspecified atom stereocenters. The number of nitrogens with one attached hydrogen (secondary N) is 1. The molecule has 1 fully saturated rings. The molecular formula is C14H23ClN4. The molecule has 4 nitrogen and oxygen atoms in total. The van der Waals surface area contributed by atoms with Gasteiger partial charge in [0.25, 0.3) is 0 Å². The zero-order chi connectivity index (χ0) is 14.6. The number of aliphatic imine (C=N–C) groups is 2. The molecule has 1 heterocycles. The van der Waals surface area contributed by atoms with Crippen LogP contribution in [0.25, 0.3) is 0 Å². The van der Waals surface area contributed by atoms with E-state index in [0.29, 0.717) is 16.7 Å². The van der Waals surface area contributed by atoms with Crippen molar-refractivity contribution in [1.29, 1.82) is 5.41 Å². The Kier molecular flexibility index (Phi) is 5.29. The molecule has 0 atom stereocenters. The molecule has 0 saturated carbocycles. The lowest BCUT2D eigenvalue weighted by Gasteiger charge is -2.31. The van der Waals surface area contributed by atoms with Crippen LogP contribution in [0.2, 0.25) is 0 Å². The summed E-state index contributed by atoms with van der Waals surface area (Å²) in [6.45, 7) is 11.5. The maximum atomic E-state index is 7.96. The van der Waals surface area contributed by atoms with Gasteiger partial charge in [-0.2, -0.15) is 0 Å². The summed E-state index contributed by atoms with van der Waals surface area (Å²) in [6.07, 6.45) is 1.55. The van der Waals surface area contributed by atoms with E-state index in [2.05, 4.69) is 35.3 Å². The van der Waals surface area contributed by atoms with Gasteiger partial charge < -0.3 is 10.3 Å². The summed E-state index contributed by atoms with van der Waals surface area (Å²) in [6, 6.07) is 0. The molecule has 0 spiro atoms. The van der Waals surface area contributed by atoms with Gasteiger partial charge in [-0.05, 0) is 18.8 Å². The Hall–Kier alpha value is -1.16. The predicted octanol–water partition coefficient (Wildman–Crippen LogP) is 3.33. The highest BCUT2D eigenvalue weighted by atomic mass is 35.5. The molecule has 0 amide bonds. The van der Waals surface area contributed by atoms with Gasteiger partial charge >= 0.3 is 0 Å². The molecule has 1 aliphatic heterocycles. The van der Waals surface area contributed by atoms with Crippen LogP contribution in [0.5, 0.6) is 0 Å². The van der Waals surface area contributed by atoms with E-state index >= 15 is 0 Å². The monoisotopic (exact) mass is 282 g/mol. The summed E-state index contributed by atoms with van der Waals surface area (Å²) in [5, 5.41) is 8.36. The number of likely N-dealkylation sites (tertiary alicyclic amines) is 1. The molecule has 0 aromatic heterocycles. The second-order valence-corrected chi connectivity index (χ2v) is 6.16. The Balaban J connectivity index is 3.08. The first-order chi connectivity index (χ1) is 8.75. The van der Waals surface area contributed by atoms with E-state index in [1.807, 2.05) is 6.92 Å². The van der Waals surface area contributed by atoms with Crippen LogP contribution in [0, 0.1) is 10.8 Å². The Labute approximate surface area is 120 Å². The Morgan fingerprint density at radius 2 is 2.11 bits per heavy atom. The molecule has 0 aromatic rings. The third kappa shape index (κ3) is 4.78. The number of halogens is 1. The molecule has 0 radical (unpaired) electrons. The second-order valence-electron chi connectivity index (χ2n) is 5.80. The SMILES string of the molecule is C=C(C)N=C(C(Cl)=NC)N1CCC(=N)CC(C)(C)C1. The van der Waals surface area contributed by atoms with E-state index in [4.69, 9.17) is 17.0 Å². The van der Waals surface area contributed by atoms with Gasteiger partial charge in [-0.1, -0.05) is 32.0 Å². The van der Waals surface area contributed by atoms with E-state index < -0.39 is 0 Å². The fourth-order valence-electron chi connectivity index (χ4n) is 2.30. The maximum absolute atomic E-state index is 7.96. The van der Waals surface area contributed by atoms with Crippen LogP contribution in [-0.4, -0.2) is 41.8 Å². The first kappa shape index (κ1) is 15.9. The van der Waals surface area contributed by atoms with Gasteiger partial charge in [-0.3, -0.25) is 4.99 Å². The number of nitrogens with zero attached hydrogens (tertiary/aromatic N) is 3. The van der Waals surface area contributed by atoms with Crippen LogP contribution in [0.4, 0.5) is 0 Å². The minimum atomic E-state index is 0.0361. The number of rotatable bonds is 2. The smallest absolute Gasteiger partial charge is 0.166 e. The van der Waals surface area contributed by atoms with Gasteiger partial charge in [0.1, 0.15) is 0 Å². The number of allylic oxidation sites excluding steroid dienone is 1. The highest BCUT2D eigenvalue weighted by molar-refractivity contribution is 6.83. The minimum absolute atomic E-state index is 0.0361. The molecule has 106 valence electrons. The summed E-state index contributed by atoms with van der Waals surface area (Å²) in [7, 11) is 1.65. The van der Waals surface area contributed by atoms with Crippen LogP contribution in [-0.2, 0) is 0 Å². The number of hydrogen-bond acceptors (Lipinski definition) is 3. The van der Waals surface area contributed by atoms with Crippen LogP contribution >= 0.6 is 11.6 Å². The Bertz CT molecular complexity index is 435. The van der Waals surface area contributed by atoms with Gasteiger partial charge in [0.15, 0.2) is 11.0 Å². The van der Waals surface area contributed by atoms with Crippen molar-refractivity contribution in [2.75, 3.05) is 20.1 Å². The van der Waals surface area contributed by atoms with E-state index in [1.54, 1.807) is 7.05 Å². The van der Waals surface area contributed by atoms with Crippen molar-refractivity contribution < 1.29 is 0 Å². The zero-order valence-corrected chi connectivity index (χ0v) is 13.0. The van der Waals surface area contributed by atoms with E-state index in [-0.39, 0.29) is 5.41 Å². The molecule has 1 saturated heterocycles. The lowest BCUT2D eigenvalue weighted by Crippen LogP contribution is -2.40. The van der Waals surface area contributed by atoms with Crippen molar-refractivity contribution in [3.63, 3.8) is 0 Å². The summed E-state index contributed by atoms with van der Waals surface area (Å²) in [5.74, 6) is 0.666. The lowest BCUT2D eigenvalue weighted by molar-refractivity contribution is 0.280. The minimum Gasteiger partial charge on any atom is -0.353 e. The molecule has 1 N–H and O–H groups in total. The molecule has 1 rings (SSSR count). The lowest BCUT2D eigenvalue weighted by atomic mass is 9.87. The van der Waals surface area contributed by atoms with Crippen LogP contribution in [0.15, 0.2) is 22.3 Å². The fraction of sp³-hybridized carbons (Fsp3) is 0.643. The summed E-state index contributed by atoms with van der Waals surface area (Å²) < 4.78 is 0. The van der Waals surface area contributed by atoms with Crippen molar-refractivity contribution in [2.24, 2.45) is 15.4 Å². The third-order valence-electron chi connectivity index (χ3n) is 2.97. The average Bonchev–Trinajstić information content (AvgIpc) is 2.42. The average molecular weight is 283 g/mol. The highest BCUT2D eigenvalue weighted by Gasteiger charge is 2.29. The number of amidine groups is 1. The Morgan fingerprint density at radius 3 is 2.63 bits per heavy atom. The van der Waals surface area contributed by atoms with Crippen molar-refractivity contribution in [3.8, 4) is 0 Å². The van der Waals surface area contributed by atoms with E-state index in [9.17, 15) is 0 Å². The highest BCUT2D eigenvalue weighted by Crippen LogP contribution is 2.27. The topological polar surface area (TPSA) is 51.8 Å². The number of hydrogen-bond donors (Lipinski definition) is 1. The third-order valence-corrected chi connectivity index (χ3v) is 3.31. The summed E-state index contributed by atoms with van der Waals surface area (Å²) in [5.41, 5.74) is 1.52. The molecule has 0 bridgehead atoms. The Morgan fingerprint density at radius 1 is 1.47 bits per heavy atom. The van der Waals surface area contributed by atoms with E-state index in [1.165, 1.54) is 0 Å². The van der Waals surface area contributed by atoms with Crippen LogP contribution < -0.4 is 0 Å². The van der Waals surface area contributed by atoms with Gasteiger partial charge in [-0.15, -0.1) is 0 Å². The molecule has 1 aliphatic rings. The maximum Gasteiger partial charge on any atom is 0.166 e. The van der Waals surface area contributed by atoms with Crippen LogP contribution in [0.3, 0.4) is 0 Å². The van der Waals surface area contributed by atoms with Gasteiger partial charge in [0.05, 0.1) is 0 Å².